The van der Waals surface area contributed by atoms with Gasteiger partial charge in [0.2, 0.25) is 0 Å². The second-order valence-corrected chi connectivity index (χ2v) is 9.09. The smallest absolute Gasteiger partial charge is 0.252 e. The molecule has 0 aromatic heterocycles. The molecule has 3 aliphatic rings. The van der Waals surface area contributed by atoms with Crippen molar-refractivity contribution in [2.45, 2.75) is 50.6 Å². The molecule has 2 aliphatic heterocycles. The molecule has 0 unspecified atom stereocenters. The average Bonchev–Trinajstić information content (AvgIpc) is 3.53. The summed E-state index contributed by atoms with van der Waals surface area (Å²) in [5, 5.41) is 10.3. The van der Waals surface area contributed by atoms with Crippen molar-refractivity contribution < 1.29 is 9.53 Å². The summed E-state index contributed by atoms with van der Waals surface area (Å²) in [6, 6.07) is 10.6. The van der Waals surface area contributed by atoms with E-state index in [0.717, 1.165) is 62.1 Å². The first-order valence-electron chi connectivity index (χ1n) is 11.4. The summed E-state index contributed by atoms with van der Waals surface area (Å²) in [5.74, 6) is 0.730. The van der Waals surface area contributed by atoms with Crippen LogP contribution in [0.5, 0.6) is 5.75 Å². The highest BCUT2D eigenvalue weighted by Gasteiger charge is 2.47. The van der Waals surface area contributed by atoms with Crippen molar-refractivity contribution in [3.63, 3.8) is 0 Å². The van der Waals surface area contributed by atoms with Gasteiger partial charge in [0.1, 0.15) is 12.4 Å². The van der Waals surface area contributed by atoms with Gasteiger partial charge in [-0.25, -0.2) is 0 Å². The number of fused-ring (bicyclic) bond motifs is 1. The van der Waals surface area contributed by atoms with Crippen LogP contribution >= 0.6 is 0 Å². The zero-order chi connectivity index (χ0) is 21.4. The SMILES string of the molecule is C=Cc1cc2c(c(C3(NC(=O)c4cc(OC[C@@H]5CCN5)ccc4C)CC3)c1)CCCN2. The Balaban J connectivity index is 1.39. The maximum Gasteiger partial charge on any atom is 0.252 e. The van der Waals surface area contributed by atoms with Gasteiger partial charge in [0.25, 0.3) is 5.91 Å². The van der Waals surface area contributed by atoms with Crippen molar-refractivity contribution in [3.05, 3.63) is 64.7 Å². The van der Waals surface area contributed by atoms with E-state index in [4.69, 9.17) is 4.74 Å². The van der Waals surface area contributed by atoms with Crippen LogP contribution in [0, 0.1) is 6.92 Å². The quantitative estimate of drug-likeness (QED) is 0.633. The van der Waals surface area contributed by atoms with E-state index < -0.39 is 0 Å². The lowest BCUT2D eigenvalue weighted by Gasteiger charge is -2.28. The standard InChI is InChI=1S/C26H31N3O2/c1-3-18-13-23(21-5-4-11-28-24(21)14-18)26(9-10-26)29-25(30)22-15-20(7-6-17(22)2)31-16-19-8-12-27-19/h3,6-7,13-15,19,27-28H,1,4-5,8-12,16H2,2H3,(H,29,30)/t19-/m0/s1. The molecule has 0 spiro atoms. The minimum absolute atomic E-state index is 0.0243. The molecule has 2 aromatic carbocycles. The topological polar surface area (TPSA) is 62.4 Å². The summed E-state index contributed by atoms with van der Waals surface area (Å²) in [7, 11) is 0. The monoisotopic (exact) mass is 417 g/mol. The lowest BCUT2D eigenvalue weighted by Crippen LogP contribution is -2.46. The van der Waals surface area contributed by atoms with Crippen LogP contribution < -0.4 is 20.7 Å². The van der Waals surface area contributed by atoms with Crippen molar-refractivity contribution in [3.8, 4) is 5.75 Å². The molecule has 2 heterocycles. The molecule has 1 saturated carbocycles. The molecule has 162 valence electrons. The van der Waals surface area contributed by atoms with E-state index in [1.165, 1.54) is 16.8 Å². The van der Waals surface area contributed by atoms with Crippen molar-refractivity contribution >= 4 is 17.7 Å². The number of ether oxygens (including phenoxy) is 1. The van der Waals surface area contributed by atoms with Crippen LogP contribution in [0.1, 0.15) is 58.3 Å². The average molecular weight is 418 g/mol. The fourth-order valence-corrected chi connectivity index (χ4v) is 4.65. The molecular weight excluding hydrogens is 386 g/mol. The predicted molar refractivity (Wildman–Crippen MR) is 125 cm³/mol. The Kier molecular flexibility index (Phi) is 5.22. The third kappa shape index (κ3) is 3.94. The number of aryl methyl sites for hydroxylation is 1. The molecule has 1 atom stereocenters. The molecule has 1 amide bonds. The lowest BCUT2D eigenvalue weighted by atomic mass is 9.89. The Morgan fingerprint density at radius 3 is 2.84 bits per heavy atom. The molecule has 1 aliphatic carbocycles. The second kappa shape index (κ2) is 8.04. The van der Waals surface area contributed by atoms with Gasteiger partial charge in [0.05, 0.1) is 5.54 Å². The van der Waals surface area contributed by atoms with Gasteiger partial charge < -0.3 is 20.7 Å². The normalized spacial score (nSPS) is 20.6. The summed E-state index contributed by atoms with van der Waals surface area (Å²) in [5.41, 5.74) is 6.26. The van der Waals surface area contributed by atoms with E-state index in [1.807, 2.05) is 31.2 Å². The minimum atomic E-state index is -0.279. The van der Waals surface area contributed by atoms with Crippen LogP contribution in [0.25, 0.3) is 6.08 Å². The third-order valence-electron chi connectivity index (χ3n) is 6.88. The fourth-order valence-electron chi connectivity index (χ4n) is 4.65. The van der Waals surface area contributed by atoms with Crippen LogP contribution in [0.3, 0.4) is 0 Å². The van der Waals surface area contributed by atoms with Gasteiger partial charge in [-0.3, -0.25) is 4.79 Å². The van der Waals surface area contributed by atoms with Gasteiger partial charge in [-0.1, -0.05) is 18.7 Å². The largest absolute Gasteiger partial charge is 0.492 e. The van der Waals surface area contributed by atoms with Gasteiger partial charge in [-0.05, 0) is 92.1 Å². The highest BCUT2D eigenvalue weighted by Crippen LogP contribution is 2.49. The number of amides is 1. The van der Waals surface area contributed by atoms with Gasteiger partial charge in [-0.2, -0.15) is 0 Å². The van der Waals surface area contributed by atoms with Crippen molar-refractivity contribution in [1.82, 2.24) is 10.6 Å². The van der Waals surface area contributed by atoms with E-state index in [9.17, 15) is 4.79 Å². The molecule has 31 heavy (non-hydrogen) atoms. The van der Waals surface area contributed by atoms with E-state index in [0.29, 0.717) is 18.2 Å². The predicted octanol–water partition coefficient (Wildman–Crippen LogP) is 4.16. The molecule has 3 N–H and O–H groups in total. The van der Waals surface area contributed by atoms with E-state index in [2.05, 4.69) is 34.7 Å². The van der Waals surface area contributed by atoms with Crippen molar-refractivity contribution in [2.24, 2.45) is 0 Å². The molecule has 5 heteroatoms. The molecule has 0 radical (unpaired) electrons. The first kappa shape index (κ1) is 20.1. The van der Waals surface area contributed by atoms with Gasteiger partial charge in [0.15, 0.2) is 0 Å². The Morgan fingerprint density at radius 2 is 2.13 bits per heavy atom. The van der Waals surface area contributed by atoms with E-state index in [1.54, 1.807) is 0 Å². The fraction of sp³-hybridized carbons (Fsp3) is 0.423. The maximum atomic E-state index is 13.4. The van der Waals surface area contributed by atoms with E-state index >= 15 is 0 Å². The van der Waals surface area contributed by atoms with Crippen LogP contribution in [0.4, 0.5) is 5.69 Å². The van der Waals surface area contributed by atoms with Crippen molar-refractivity contribution in [1.29, 1.82) is 0 Å². The van der Waals surface area contributed by atoms with Gasteiger partial charge in [-0.15, -0.1) is 0 Å². The Labute approximate surface area is 184 Å². The second-order valence-electron chi connectivity index (χ2n) is 9.09. The summed E-state index contributed by atoms with van der Waals surface area (Å²) in [4.78, 5) is 13.4. The number of rotatable bonds is 7. The van der Waals surface area contributed by atoms with Crippen LogP contribution in [0.15, 0.2) is 36.9 Å². The number of hydrogen-bond donors (Lipinski definition) is 3. The van der Waals surface area contributed by atoms with Crippen LogP contribution in [0.2, 0.25) is 0 Å². The Morgan fingerprint density at radius 1 is 1.29 bits per heavy atom. The zero-order valence-corrected chi connectivity index (χ0v) is 18.2. The van der Waals surface area contributed by atoms with Gasteiger partial charge >= 0.3 is 0 Å². The van der Waals surface area contributed by atoms with E-state index in [-0.39, 0.29) is 11.4 Å². The summed E-state index contributed by atoms with van der Waals surface area (Å²) in [6.07, 6.45) is 7.13. The number of carbonyl (C=O) groups excluding carboxylic acids is 1. The van der Waals surface area contributed by atoms with Gasteiger partial charge in [0, 0.05) is 23.8 Å². The molecule has 0 bridgehead atoms. The molecule has 2 aromatic rings. The Bertz CT molecular complexity index is 1020. The number of anilines is 1. The van der Waals surface area contributed by atoms with Crippen LogP contribution in [-0.4, -0.2) is 31.6 Å². The number of nitrogens with one attached hydrogen (secondary N) is 3. The van der Waals surface area contributed by atoms with Crippen molar-refractivity contribution in [2.75, 3.05) is 25.0 Å². The summed E-state index contributed by atoms with van der Waals surface area (Å²) >= 11 is 0. The molecule has 5 nitrogen and oxygen atoms in total. The summed E-state index contributed by atoms with van der Waals surface area (Å²) < 4.78 is 5.93. The molecule has 2 fully saturated rings. The lowest BCUT2D eigenvalue weighted by molar-refractivity contribution is 0.0929. The first-order valence-corrected chi connectivity index (χ1v) is 11.4. The molecule has 1 saturated heterocycles. The number of carbonyl (C=O) groups is 1. The summed E-state index contributed by atoms with van der Waals surface area (Å²) in [6.45, 7) is 8.64. The molecular formula is C26H31N3O2. The highest BCUT2D eigenvalue weighted by molar-refractivity contribution is 5.97. The first-order chi connectivity index (χ1) is 15.1. The third-order valence-corrected chi connectivity index (χ3v) is 6.88. The Hall–Kier alpha value is -2.79. The zero-order valence-electron chi connectivity index (χ0n) is 18.2. The van der Waals surface area contributed by atoms with Crippen LogP contribution in [-0.2, 0) is 12.0 Å². The number of benzene rings is 2. The maximum absolute atomic E-state index is 13.4. The number of hydrogen-bond acceptors (Lipinski definition) is 4. The molecule has 5 rings (SSSR count). The minimum Gasteiger partial charge on any atom is -0.492 e. The highest BCUT2D eigenvalue weighted by atomic mass is 16.5.